The maximum atomic E-state index is 13.2. The predicted molar refractivity (Wildman–Crippen MR) is 130 cm³/mol. The second-order valence-electron chi connectivity index (χ2n) is 8.19. The van der Waals surface area contributed by atoms with Crippen LogP contribution in [0.3, 0.4) is 0 Å². The summed E-state index contributed by atoms with van der Waals surface area (Å²) < 4.78 is 1.97. The highest BCUT2D eigenvalue weighted by Gasteiger charge is 2.29. The second-order valence-corrected chi connectivity index (χ2v) is 8.19. The zero-order chi connectivity index (χ0) is 22.4. The van der Waals surface area contributed by atoms with Crippen molar-refractivity contribution < 1.29 is 4.79 Å². The molecule has 3 aromatic carbocycles. The van der Waals surface area contributed by atoms with E-state index in [1.165, 1.54) is 10.4 Å². The minimum absolute atomic E-state index is 0.122. The molecule has 0 N–H and O–H groups in total. The molecule has 0 saturated carbocycles. The molecule has 1 aromatic heterocycles. The van der Waals surface area contributed by atoms with Gasteiger partial charge in [-0.3, -0.25) is 4.79 Å². The van der Waals surface area contributed by atoms with Gasteiger partial charge in [0.1, 0.15) is 0 Å². The molecule has 4 aromatic rings. The summed E-state index contributed by atoms with van der Waals surface area (Å²) in [6, 6.07) is 22.3. The topological polar surface area (TPSA) is 50.5 Å². The second kappa shape index (κ2) is 7.61. The highest BCUT2D eigenvalue weighted by atomic mass is 16.2. The number of aromatic nitrogens is 2. The van der Waals surface area contributed by atoms with Gasteiger partial charge in [-0.25, -0.2) is 4.68 Å². The third-order valence-corrected chi connectivity index (χ3v) is 5.97. The Morgan fingerprint density at radius 1 is 0.844 bits per heavy atom. The fourth-order valence-corrected chi connectivity index (χ4v) is 4.18. The molecule has 1 aliphatic heterocycles. The molecule has 5 nitrogen and oxygen atoms in total. The van der Waals surface area contributed by atoms with E-state index in [0.717, 1.165) is 39.3 Å². The highest BCUT2D eigenvalue weighted by Crippen LogP contribution is 2.29. The van der Waals surface area contributed by atoms with Gasteiger partial charge in [0, 0.05) is 16.6 Å². The lowest BCUT2D eigenvalue weighted by Crippen LogP contribution is -2.21. The van der Waals surface area contributed by atoms with Crippen molar-refractivity contribution in [2.75, 3.05) is 5.01 Å². The fourth-order valence-electron chi connectivity index (χ4n) is 4.18. The van der Waals surface area contributed by atoms with Crippen molar-refractivity contribution in [2.24, 2.45) is 5.10 Å². The minimum atomic E-state index is -0.122. The monoisotopic (exact) mass is 420 g/mol. The average molecular weight is 421 g/mol. The van der Waals surface area contributed by atoms with Gasteiger partial charge >= 0.3 is 0 Å². The van der Waals surface area contributed by atoms with Crippen molar-refractivity contribution in [3.63, 3.8) is 0 Å². The Kier molecular flexibility index (Phi) is 4.74. The van der Waals surface area contributed by atoms with Gasteiger partial charge in [0.2, 0.25) is 0 Å². The van der Waals surface area contributed by atoms with Gasteiger partial charge in [-0.1, -0.05) is 54.1 Å². The maximum Gasteiger partial charge on any atom is 0.280 e. The van der Waals surface area contributed by atoms with E-state index in [-0.39, 0.29) is 5.91 Å². The molecule has 5 heteroatoms. The lowest BCUT2D eigenvalue weighted by molar-refractivity contribution is -0.114. The van der Waals surface area contributed by atoms with Crippen molar-refractivity contribution in [3.05, 3.63) is 94.8 Å². The number of hydrogen-bond acceptors (Lipinski definition) is 3. The zero-order valence-electron chi connectivity index (χ0n) is 18.6. The van der Waals surface area contributed by atoms with Crippen LogP contribution < -0.4 is 5.01 Å². The van der Waals surface area contributed by atoms with Gasteiger partial charge in [-0.05, 0) is 57.4 Å². The number of carbonyl (C=O) groups excluding carboxylic acids is 1. The fraction of sp³-hybridized carbons (Fsp3) is 0.148. The number of carbonyl (C=O) groups is 1. The number of aryl methyl sites for hydroxylation is 2. The van der Waals surface area contributed by atoms with Gasteiger partial charge in [-0.2, -0.15) is 15.2 Å². The standard InChI is InChI=1S/C27H24N4O/c1-17-12-14-22(15-13-17)31-27(32)25(19(3)29-31)16-24-18(2)28-30(20(24)4)26-11-7-9-21-8-5-6-10-23(21)26/h5-16H,1-4H3/b25-16+. The van der Waals surface area contributed by atoms with Crippen molar-refractivity contribution in [2.45, 2.75) is 27.7 Å². The molecule has 1 amide bonds. The molecule has 2 heterocycles. The van der Waals surface area contributed by atoms with Crippen molar-refractivity contribution in [1.82, 2.24) is 9.78 Å². The number of anilines is 1. The molecule has 32 heavy (non-hydrogen) atoms. The number of hydrazone groups is 1. The quantitative estimate of drug-likeness (QED) is 0.396. The first-order valence-corrected chi connectivity index (χ1v) is 10.7. The lowest BCUT2D eigenvalue weighted by Gasteiger charge is -2.11. The average Bonchev–Trinajstić information content (AvgIpc) is 3.24. The smallest absolute Gasteiger partial charge is 0.267 e. The van der Waals surface area contributed by atoms with Crippen LogP contribution >= 0.6 is 0 Å². The number of nitrogens with zero attached hydrogens (tertiary/aromatic N) is 4. The summed E-state index contributed by atoms with van der Waals surface area (Å²) in [5.74, 6) is -0.122. The first kappa shape index (κ1) is 19.9. The number of benzene rings is 3. The normalized spacial score (nSPS) is 15.1. The van der Waals surface area contributed by atoms with Gasteiger partial charge in [0.25, 0.3) is 5.91 Å². The number of rotatable bonds is 3. The van der Waals surface area contributed by atoms with Crippen molar-refractivity contribution >= 4 is 34.2 Å². The molecule has 0 aliphatic carbocycles. The summed E-state index contributed by atoms with van der Waals surface area (Å²) in [7, 11) is 0. The Bertz CT molecular complexity index is 1420. The van der Waals surface area contributed by atoms with E-state index in [1.54, 1.807) is 0 Å². The van der Waals surface area contributed by atoms with Crippen LogP contribution in [-0.4, -0.2) is 21.4 Å². The number of amides is 1. The Hall–Kier alpha value is -3.99. The summed E-state index contributed by atoms with van der Waals surface area (Å²) in [5, 5.41) is 13.1. The predicted octanol–water partition coefficient (Wildman–Crippen LogP) is 5.76. The minimum Gasteiger partial charge on any atom is -0.267 e. The van der Waals surface area contributed by atoms with E-state index in [0.29, 0.717) is 11.3 Å². The Morgan fingerprint density at radius 3 is 2.34 bits per heavy atom. The van der Waals surface area contributed by atoms with Crippen LogP contribution in [-0.2, 0) is 4.79 Å². The molecule has 0 unspecified atom stereocenters. The van der Waals surface area contributed by atoms with Crippen LogP contribution in [0.1, 0.15) is 29.4 Å². The van der Waals surface area contributed by atoms with E-state index in [2.05, 4.69) is 29.4 Å². The molecule has 0 spiro atoms. The van der Waals surface area contributed by atoms with E-state index in [4.69, 9.17) is 5.10 Å². The molecule has 0 bridgehead atoms. The molecule has 0 atom stereocenters. The molecular weight excluding hydrogens is 396 g/mol. The van der Waals surface area contributed by atoms with E-state index in [9.17, 15) is 4.79 Å². The summed E-state index contributed by atoms with van der Waals surface area (Å²) in [6.07, 6.45) is 1.93. The third kappa shape index (κ3) is 3.23. The van der Waals surface area contributed by atoms with Crippen molar-refractivity contribution in [1.29, 1.82) is 0 Å². The largest absolute Gasteiger partial charge is 0.280 e. The van der Waals surface area contributed by atoms with Gasteiger partial charge in [0.15, 0.2) is 0 Å². The summed E-state index contributed by atoms with van der Waals surface area (Å²) in [5.41, 5.74) is 7.03. The van der Waals surface area contributed by atoms with Gasteiger partial charge < -0.3 is 0 Å². The van der Waals surface area contributed by atoms with Crippen LogP contribution in [0.5, 0.6) is 0 Å². The summed E-state index contributed by atoms with van der Waals surface area (Å²) in [6.45, 7) is 7.91. The molecule has 0 radical (unpaired) electrons. The van der Waals surface area contributed by atoms with Crippen molar-refractivity contribution in [3.8, 4) is 5.69 Å². The van der Waals surface area contributed by atoms with Crippen LogP contribution in [0.25, 0.3) is 22.5 Å². The molecule has 0 fully saturated rings. The van der Waals surface area contributed by atoms with Gasteiger partial charge in [0.05, 0.1) is 28.4 Å². The summed E-state index contributed by atoms with van der Waals surface area (Å²) >= 11 is 0. The Labute approximate surface area is 187 Å². The van der Waals surface area contributed by atoms with E-state index >= 15 is 0 Å². The van der Waals surface area contributed by atoms with Crippen LogP contribution in [0, 0.1) is 20.8 Å². The molecule has 0 saturated heterocycles. The number of hydrogen-bond donors (Lipinski definition) is 0. The lowest BCUT2D eigenvalue weighted by atomic mass is 10.1. The van der Waals surface area contributed by atoms with Crippen LogP contribution in [0.2, 0.25) is 0 Å². The summed E-state index contributed by atoms with van der Waals surface area (Å²) in [4.78, 5) is 13.2. The first-order chi connectivity index (χ1) is 15.4. The van der Waals surface area contributed by atoms with Gasteiger partial charge in [-0.15, -0.1) is 0 Å². The Balaban J connectivity index is 1.57. The van der Waals surface area contributed by atoms with Crippen LogP contribution in [0.4, 0.5) is 5.69 Å². The molecule has 1 aliphatic rings. The molecule has 158 valence electrons. The number of fused-ring (bicyclic) bond motifs is 1. The zero-order valence-corrected chi connectivity index (χ0v) is 18.6. The molecular formula is C27H24N4O. The third-order valence-electron chi connectivity index (χ3n) is 5.97. The van der Waals surface area contributed by atoms with E-state index in [1.807, 2.05) is 80.9 Å². The highest BCUT2D eigenvalue weighted by molar-refractivity contribution is 6.32. The molecule has 5 rings (SSSR count). The SMILES string of the molecule is CC1=NN(c2ccc(C)cc2)C(=O)/C1=C/c1c(C)nn(-c2cccc3ccccc23)c1C. The Morgan fingerprint density at radius 2 is 1.56 bits per heavy atom. The van der Waals surface area contributed by atoms with E-state index < -0.39 is 0 Å². The first-order valence-electron chi connectivity index (χ1n) is 10.7. The van der Waals surface area contributed by atoms with Crippen LogP contribution in [0.15, 0.2) is 77.4 Å². The maximum absolute atomic E-state index is 13.2.